The number of hydrogen-bond acceptors (Lipinski definition) is 2. The van der Waals surface area contributed by atoms with Gasteiger partial charge in [0.25, 0.3) is 0 Å². The summed E-state index contributed by atoms with van der Waals surface area (Å²) in [6.07, 6.45) is 4.69. The Hall–Kier alpha value is -1.35. The van der Waals surface area contributed by atoms with Gasteiger partial charge in [-0.3, -0.25) is 0 Å². The summed E-state index contributed by atoms with van der Waals surface area (Å²) >= 11 is 0. The molecule has 3 rings (SSSR count). The molecule has 2 aromatic rings. The summed E-state index contributed by atoms with van der Waals surface area (Å²) in [4.78, 5) is 0. The second kappa shape index (κ2) is 5.45. The molecule has 0 amide bonds. The Labute approximate surface area is 125 Å². The lowest BCUT2D eigenvalue weighted by Gasteiger charge is -2.36. The van der Waals surface area contributed by atoms with Crippen molar-refractivity contribution in [2.24, 2.45) is 11.8 Å². The molecule has 0 radical (unpaired) electrons. The van der Waals surface area contributed by atoms with Crippen molar-refractivity contribution in [3.63, 3.8) is 0 Å². The van der Waals surface area contributed by atoms with Gasteiger partial charge in [0.1, 0.15) is 11.4 Å². The van der Waals surface area contributed by atoms with Gasteiger partial charge in [-0.25, -0.2) is 4.39 Å². The van der Waals surface area contributed by atoms with Gasteiger partial charge in [0.2, 0.25) is 0 Å². The van der Waals surface area contributed by atoms with E-state index >= 15 is 0 Å². The van der Waals surface area contributed by atoms with Crippen LogP contribution in [0.1, 0.15) is 51.7 Å². The van der Waals surface area contributed by atoms with Gasteiger partial charge in [-0.1, -0.05) is 32.4 Å². The van der Waals surface area contributed by atoms with Gasteiger partial charge < -0.3 is 9.52 Å². The van der Waals surface area contributed by atoms with Crippen molar-refractivity contribution < 1.29 is 13.9 Å². The Bertz CT molecular complexity index is 631. The van der Waals surface area contributed by atoms with E-state index in [1.54, 1.807) is 12.1 Å². The number of fused-ring (bicyclic) bond motifs is 1. The molecule has 1 fully saturated rings. The van der Waals surface area contributed by atoms with E-state index in [4.69, 9.17) is 4.42 Å². The summed E-state index contributed by atoms with van der Waals surface area (Å²) in [5.41, 5.74) is -0.685. The fraction of sp³-hybridized carbons (Fsp3) is 0.556. The molecule has 1 heterocycles. The van der Waals surface area contributed by atoms with E-state index in [9.17, 15) is 9.50 Å². The number of hydrogen-bond donors (Lipinski definition) is 1. The van der Waals surface area contributed by atoms with Crippen LogP contribution in [-0.2, 0) is 5.60 Å². The minimum Gasteiger partial charge on any atom is -0.455 e. The number of rotatable bonds is 3. The highest BCUT2D eigenvalue weighted by Crippen LogP contribution is 2.43. The number of halogens is 1. The maximum Gasteiger partial charge on any atom is 0.170 e. The Morgan fingerprint density at radius 2 is 2.24 bits per heavy atom. The summed E-state index contributed by atoms with van der Waals surface area (Å²) in [7, 11) is 0. The third-order valence-electron chi connectivity index (χ3n) is 4.59. The molecule has 0 aliphatic heterocycles. The summed E-state index contributed by atoms with van der Waals surface area (Å²) in [5, 5.41) is 11.7. The highest BCUT2D eigenvalue weighted by Gasteiger charge is 2.38. The molecule has 114 valence electrons. The summed E-state index contributed by atoms with van der Waals surface area (Å²) in [5.74, 6) is 1.31. The van der Waals surface area contributed by atoms with Crippen LogP contribution in [0.15, 0.2) is 28.7 Å². The monoisotopic (exact) mass is 290 g/mol. The van der Waals surface area contributed by atoms with Crippen LogP contribution in [0.5, 0.6) is 0 Å². The maximum absolute atomic E-state index is 13.8. The topological polar surface area (TPSA) is 33.4 Å². The normalized spacial score (nSPS) is 26.6. The first-order chi connectivity index (χ1) is 9.98. The lowest BCUT2D eigenvalue weighted by Crippen LogP contribution is -2.32. The van der Waals surface area contributed by atoms with Crippen molar-refractivity contribution in [1.82, 2.24) is 0 Å². The second-order valence-corrected chi connectivity index (χ2v) is 6.89. The molecule has 1 N–H and O–H groups in total. The van der Waals surface area contributed by atoms with Crippen LogP contribution in [0.25, 0.3) is 11.0 Å². The van der Waals surface area contributed by atoms with Gasteiger partial charge >= 0.3 is 0 Å². The molecule has 1 aliphatic carbocycles. The molecular formula is C18H23FO2. The van der Waals surface area contributed by atoms with Crippen LogP contribution in [0.4, 0.5) is 4.39 Å². The molecule has 3 heteroatoms. The summed E-state index contributed by atoms with van der Waals surface area (Å²) < 4.78 is 19.4. The molecule has 21 heavy (non-hydrogen) atoms. The number of furan rings is 1. The van der Waals surface area contributed by atoms with E-state index in [1.807, 2.05) is 6.07 Å². The van der Waals surface area contributed by atoms with Crippen molar-refractivity contribution in [2.45, 2.75) is 51.6 Å². The van der Waals surface area contributed by atoms with Gasteiger partial charge in [-0.05, 0) is 49.7 Å². The molecule has 1 aliphatic rings. The highest BCUT2D eigenvalue weighted by molar-refractivity contribution is 5.78. The molecule has 0 bridgehead atoms. The van der Waals surface area contributed by atoms with E-state index in [0.29, 0.717) is 30.4 Å². The van der Waals surface area contributed by atoms with E-state index < -0.39 is 5.60 Å². The van der Waals surface area contributed by atoms with Crippen molar-refractivity contribution in [3.05, 3.63) is 35.8 Å². The fourth-order valence-corrected chi connectivity index (χ4v) is 3.71. The lowest BCUT2D eigenvalue weighted by molar-refractivity contribution is -0.0405. The predicted octanol–water partition coefficient (Wildman–Crippen LogP) is 5.00. The molecule has 1 aromatic carbocycles. The van der Waals surface area contributed by atoms with Crippen LogP contribution < -0.4 is 0 Å². The summed E-state index contributed by atoms with van der Waals surface area (Å²) in [6, 6.07) is 6.69. The molecule has 2 unspecified atom stereocenters. The molecule has 2 atom stereocenters. The minimum absolute atomic E-state index is 0.256. The first-order valence-electron chi connectivity index (χ1n) is 7.89. The summed E-state index contributed by atoms with van der Waals surface area (Å²) in [6.45, 7) is 4.43. The van der Waals surface area contributed by atoms with E-state index in [2.05, 4.69) is 13.8 Å². The van der Waals surface area contributed by atoms with Gasteiger partial charge in [0.15, 0.2) is 11.4 Å². The molecule has 1 saturated carbocycles. The van der Waals surface area contributed by atoms with Gasteiger partial charge in [0.05, 0.1) is 0 Å². The minimum atomic E-state index is -0.941. The zero-order chi connectivity index (χ0) is 15.0. The van der Waals surface area contributed by atoms with Crippen molar-refractivity contribution >= 4 is 11.0 Å². The van der Waals surface area contributed by atoms with Crippen LogP contribution in [-0.4, -0.2) is 5.11 Å². The van der Waals surface area contributed by atoms with Crippen LogP contribution in [0.2, 0.25) is 0 Å². The van der Waals surface area contributed by atoms with Crippen molar-refractivity contribution in [2.75, 3.05) is 0 Å². The average Bonchev–Trinajstić information content (AvgIpc) is 2.84. The third kappa shape index (κ3) is 2.84. The number of aliphatic hydroxyl groups is 1. The van der Waals surface area contributed by atoms with E-state index in [-0.39, 0.29) is 11.4 Å². The second-order valence-electron chi connectivity index (χ2n) is 6.89. The Morgan fingerprint density at radius 1 is 1.43 bits per heavy atom. The maximum atomic E-state index is 13.8. The Balaban J connectivity index is 1.90. The van der Waals surface area contributed by atoms with Crippen LogP contribution in [0.3, 0.4) is 0 Å². The third-order valence-corrected chi connectivity index (χ3v) is 4.59. The van der Waals surface area contributed by atoms with E-state index in [0.717, 1.165) is 24.6 Å². The van der Waals surface area contributed by atoms with Gasteiger partial charge in [-0.15, -0.1) is 0 Å². The smallest absolute Gasteiger partial charge is 0.170 e. The zero-order valence-corrected chi connectivity index (χ0v) is 12.7. The molecular weight excluding hydrogens is 267 g/mol. The number of para-hydroxylation sites is 1. The SMILES string of the molecule is CC(C)CC1CCCC(O)(c2cc3cccc(F)c3o2)C1. The first kappa shape index (κ1) is 14.6. The molecule has 0 spiro atoms. The van der Waals surface area contributed by atoms with Crippen LogP contribution in [0, 0.1) is 17.7 Å². The molecule has 2 nitrogen and oxygen atoms in total. The average molecular weight is 290 g/mol. The number of benzene rings is 1. The molecule has 0 saturated heterocycles. The first-order valence-corrected chi connectivity index (χ1v) is 7.89. The van der Waals surface area contributed by atoms with Crippen LogP contribution >= 0.6 is 0 Å². The van der Waals surface area contributed by atoms with E-state index in [1.165, 1.54) is 6.07 Å². The van der Waals surface area contributed by atoms with Crippen molar-refractivity contribution in [1.29, 1.82) is 0 Å². The zero-order valence-electron chi connectivity index (χ0n) is 12.7. The van der Waals surface area contributed by atoms with Crippen molar-refractivity contribution in [3.8, 4) is 0 Å². The fourth-order valence-electron chi connectivity index (χ4n) is 3.71. The van der Waals surface area contributed by atoms with Gasteiger partial charge in [0, 0.05) is 5.39 Å². The predicted molar refractivity (Wildman–Crippen MR) is 81.5 cm³/mol. The highest BCUT2D eigenvalue weighted by atomic mass is 19.1. The standard InChI is InChI=1S/C18H23FO2/c1-12(2)9-13-5-4-8-18(20,11-13)16-10-14-6-3-7-15(19)17(14)21-16/h3,6-7,10,12-13,20H,4-5,8-9,11H2,1-2H3. The van der Waals surface area contributed by atoms with Gasteiger partial charge in [-0.2, -0.15) is 0 Å². The Morgan fingerprint density at radius 3 is 2.95 bits per heavy atom. The lowest BCUT2D eigenvalue weighted by atomic mass is 9.74. The quantitative estimate of drug-likeness (QED) is 0.863. The molecule has 1 aromatic heterocycles. The Kier molecular flexibility index (Phi) is 3.78. The largest absolute Gasteiger partial charge is 0.455 e.